The summed E-state index contributed by atoms with van der Waals surface area (Å²) in [6.07, 6.45) is 1.90. The van der Waals surface area contributed by atoms with Crippen molar-refractivity contribution in [3.05, 3.63) is 36.9 Å². The molecule has 17 heavy (non-hydrogen) atoms. The van der Waals surface area contributed by atoms with Gasteiger partial charge in [-0.05, 0) is 12.1 Å². The van der Waals surface area contributed by atoms with Crippen LogP contribution >= 0.6 is 11.8 Å². The highest BCUT2D eigenvalue weighted by Crippen LogP contribution is 2.08. The molecule has 0 unspecified atom stereocenters. The molecule has 0 saturated heterocycles. The fourth-order valence-electron chi connectivity index (χ4n) is 1.36. The van der Waals surface area contributed by atoms with Crippen molar-refractivity contribution in [1.29, 1.82) is 0 Å². The van der Waals surface area contributed by atoms with E-state index in [1.54, 1.807) is 0 Å². The number of hydrogen-bond donors (Lipinski definition) is 1. The number of nitrogens with zero attached hydrogens (tertiary/aromatic N) is 3. The normalized spacial score (nSPS) is 10.4. The van der Waals surface area contributed by atoms with Crippen LogP contribution in [0.1, 0.15) is 0 Å². The van der Waals surface area contributed by atoms with E-state index in [0.717, 1.165) is 29.1 Å². The molecule has 0 bridgehead atoms. The lowest BCUT2D eigenvalue weighted by Gasteiger charge is -2.03. The summed E-state index contributed by atoms with van der Waals surface area (Å²) in [5.74, 6) is 2.56. The molecule has 1 N–H and O–H groups in total. The Bertz CT molecular complexity index is 501. The Morgan fingerprint density at radius 1 is 1.24 bits per heavy atom. The third-order valence-corrected chi connectivity index (χ3v) is 3.09. The Kier molecular flexibility index (Phi) is 4.32. The largest absolute Gasteiger partial charge is 0.352 e. The van der Waals surface area contributed by atoms with Crippen molar-refractivity contribution in [1.82, 2.24) is 15.2 Å². The molecule has 1 aromatic heterocycles. The first-order chi connectivity index (χ1) is 8.40. The first-order valence-corrected chi connectivity index (χ1v) is 6.57. The van der Waals surface area contributed by atoms with Crippen LogP contribution in [-0.4, -0.2) is 33.2 Å². The van der Waals surface area contributed by atoms with Crippen LogP contribution in [0.2, 0.25) is 0 Å². The first-order valence-electron chi connectivity index (χ1n) is 5.42. The van der Waals surface area contributed by atoms with Crippen LogP contribution in [0, 0.1) is 0 Å². The molecule has 5 heteroatoms. The number of para-hydroxylation sites is 1. The molecule has 0 saturated carbocycles. The predicted octanol–water partition coefficient (Wildman–Crippen LogP) is 2.36. The number of benzene rings is 1. The molecule has 88 valence electrons. The summed E-state index contributed by atoms with van der Waals surface area (Å²) in [7, 11) is 0. The van der Waals surface area contributed by atoms with Gasteiger partial charge in [-0.25, -0.2) is 4.98 Å². The van der Waals surface area contributed by atoms with Crippen LogP contribution in [0.5, 0.6) is 0 Å². The van der Waals surface area contributed by atoms with Gasteiger partial charge in [0.1, 0.15) is 5.52 Å². The monoisotopic (exact) mass is 246 g/mol. The lowest BCUT2D eigenvalue weighted by atomic mass is 10.3. The molecule has 0 spiro atoms. The average Bonchev–Trinajstić information content (AvgIpc) is 2.38. The molecule has 0 aliphatic carbocycles. The van der Waals surface area contributed by atoms with Gasteiger partial charge in [0, 0.05) is 18.1 Å². The molecule has 0 fully saturated rings. The zero-order valence-corrected chi connectivity index (χ0v) is 10.3. The topological polar surface area (TPSA) is 50.7 Å². The van der Waals surface area contributed by atoms with Gasteiger partial charge in [0.25, 0.3) is 0 Å². The molecule has 2 aromatic rings. The quantitative estimate of drug-likeness (QED) is 0.626. The van der Waals surface area contributed by atoms with E-state index >= 15 is 0 Å². The SMILES string of the molecule is C=CCSCCNc1nnc2ccccc2n1. The summed E-state index contributed by atoms with van der Waals surface area (Å²) in [4.78, 5) is 4.38. The van der Waals surface area contributed by atoms with Crippen LogP contribution in [0.15, 0.2) is 36.9 Å². The smallest absolute Gasteiger partial charge is 0.243 e. The van der Waals surface area contributed by atoms with Gasteiger partial charge >= 0.3 is 0 Å². The highest BCUT2D eigenvalue weighted by atomic mass is 32.2. The molecule has 4 nitrogen and oxygen atoms in total. The molecule has 0 atom stereocenters. The van der Waals surface area contributed by atoms with E-state index in [0.29, 0.717) is 5.95 Å². The number of anilines is 1. The number of aromatic nitrogens is 3. The molecule has 1 aromatic carbocycles. The number of thioether (sulfide) groups is 1. The maximum Gasteiger partial charge on any atom is 0.243 e. The van der Waals surface area contributed by atoms with Gasteiger partial charge in [-0.2, -0.15) is 11.8 Å². The zero-order chi connectivity index (χ0) is 11.9. The number of rotatable bonds is 6. The van der Waals surface area contributed by atoms with Gasteiger partial charge in [-0.15, -0.1) is 16.8 Å². The molecular weight excluding hydrogens is 232 g/mol. The van der Waals surface area contributed by atoms with E-state index in [1.165, 1.54) is 0 Å². The predicted molar refractivity (Wildman–Crippen MR) is 73.3 cm³/mol. The van der Waals surface area contributed by atoms with E-state index in [2.05, 4.69) is 27.1 Å². The summed E-state index contributed by atoms with van der Waals surface area (Å²) >= 11 is 1.82. The Balaban J connectivity index is 1.92. The lowest BCUT2D eigenvalue weighted by Crippen LogP contribution is -2.08. The molecule has 0 aliphatic heterocycles. The standard InChI is InChI=1S/C12H14N4S/c1-2-8-17-9-7-13-12-14-10-5-3-4-6-11(10)15-16-12/h2-6H,1,7-9H2,(H,13,14,16). The van der Waals surface area contributed by atoms with E-state index < -0.39 is 0 Å². The highest BCUT2D eigenvalue weighted by molar-refractivity contribution is 7.99. The lowest BCUT2D eigenvalue weighted by molar-refractivity contribution is 1.00. The van der Waals surface area contributed by atoms with Crippen molar-refractivity contribution in [3.63, 3.8) is 0 Å². The molecule has 0 amide bonds. The van der Waals surface area contributed by atoms with Crippen molar-refractivity contribution in [3.8, 4) is 0 Å². The van der Waals surface area contributed by atoms with E-state index in [1.807, 2.05) is 42.1 Å². The third-order valence-electron chi connectivity index (χ3n) is 2.13. The van der Waals surface area contributed by atoms with Crippen LogP contribution in [0.3, 0.4) is 0 Å². The molecule has 2 rings (SSSR count). The van der Waals surface area contributed by atoms with Gasteiger partial charge in [0.15, 0.2) is 0 Å². The second-order valence-electron chi connectivity index (χ2n) is 3.41. The number of fused-ring (bicyclic) bond motifs is 1. The minimum Gasteiger partial charge on any atom is -0.352 e. The minimum absolute atomic E-state index is 0.586. The highest BCUT2D eigenvalue weighted by Gasteiger charge is 1.99. The van der Waals surface area contributed by atoms with Crippen molar-refractivity contribution in [2.45, 2.75) is 0 Å². The van der Waals surface area contributed by atoms with Crippen LogP contribution in [0.25, 0.3) is 11.0 Å². The summed E-state index contributed by atoms with van der Waals surface area (Å²) in [6, 6.07) is 7.71. The Morgan fingerprint density at radius 2 is 2.06 bits per heavy atom. The summed E-state index contributed by atoms with van der Waals surface area (Å²) in [5, 5.41) is 11.3. The first kappa shape index (κ1) is 11.9. The second-order valence-corrected chi connectivity index (χ2v) is 4.56. The van der Waals surface area contributed by atoms with E-state index in [4.69, 9.17) is 0 Å². The fraction of sp³-hybridized carbons (Fsp3) is 0.250. The van der Waals surface area contributed by atoms with Crippen LogP contribution in [0.4, 0.5) is 5.95 Å². The van der Waals surface area contributed by atoms with Gasteiger partial charge in [-0.3, -0.25) is 0 Å². The third kappa shape index (κ3) is 3.42. The number of hydrogen-bond acceptors (Lipinski definition) is 5. The summed E-state index contributed by atoms with van der Waals surface area (Å²) < 4.78 is 0. The van der Waals surface area contributed by atoms with Gasteiger partial charge in [0.05, 0.1) is 5.52 Å². The zero-order valence-electron chi connectivity index (χ0n) is 9.47. The summed E-state index contributed by atoms with van der Waals surface area (Å²) in [6.45, 7) is 4.51. The van der Waals surface area contributed by atoms with Gasteiger partial charge < -0.3 is 5.32 Å². The molecular formula is C12H14N4S. The average molecular weight is 246 g/mol. The van der Waals surface area contributed by atoms with Crippen LogP contribution < -0.4 is 5.32 Å². The van der Waals surface area contributed by atoms with Crippen LogP contribution in [-0.2, 0) is 0 Å². The molecule has 0 radical (unpaired) electrons. The van der Waals surface area contributed by atoms with Crippen molar-refractivity contribution < 1.29 is 0 Å². The van der Waals surface area contributed by atoms with E-state index in [9.17, 15) is 0 Å². The van der Waals surface area contributed by atoms with E-state index in [-0.39, 0.29) is 0 Å². The van der Waals surface area contributed by atoms with Crippen molar-refractivity contribution >= 4 is 28.7 Å². The van der Waals surface area contributed by atoms with Gasteiger partial charge in [-0.1, -0.05) is 18.2 Å². The van der Waals surface area contributed by atoms with Gasteiger partial charge in [0.2, 0.25) is 5.95 Å². The number of nitrogens with one attached hydrogen (secondary N) is 1. The maximum absolute atomic E-state index is 4.38. The van der Waals surface area contributed by atoms with Crippen molar-refractivity contribution in [2.75, 3.05) is 23.4 Å². The Labute approximate surface area is 105 Å². The van der Waals surface area contributed by atoms with Crippen molar-refractivity contribution in [2.24, 2.45) is 0 Å². The maximum atomic E-state index is 4.38. The minimum atomic E-state index is 0.586. The fourth-order valence-corrected chi connectivity index (χ4v) is 1.94. The summed E-state index contributed by atoms with van der Waals surface area (Å²) in [5.41, 5.74) is 1.68. The Hall–Kier alpha value is -1.62. The Morgan fingerprint density at radius 3 is 2.88 bits per heavy atom. The second kappa shape index (κ2) is 6.20. The molecule has 0 aliphatic rings. The molecule has 1 heterocycles.